The van der Waals surface area contributed by atoms with E-state index in [1.165, 1.54) is 0 Å². The molecule has 0 spiro atoms. The number of hydrogen-bond acceptors (Lipinski definition) is 6. The predicted octanol–water partition coefficient (Wildman–Crippen LogP) is 6.15. The Hall–Kier alpha value is -3.36. The molecule has 1 aromatic heterocycles. The van der Waals surface area contributed by atoms with Gasteiger partial charge in [0.05, 0.1) is 40.5 Å². The van der Waals surface area contributed by atoms with Crippen LogP contribution in [0.25, 0.3) is 44.0 Å². The molecule has 226 valence electrons. The summed E-state index contributed by atoms with van der Waals surface area (Å²) in [6.07, 6.45) is 0. The van der Waals surface area contributed by atoms with Crippen molar-refractivity contribution in [3.05, 3.63) is 60.7 Å². The average Bonchev–Trinajstić information content (AvgIpc) is 3.52. The molecular formula is C35H40B2N2O5. The second-order valence-electron chi connectivity index (χ2n) is 14.2. The summed E-state index contributed by atoms with van der Waals surface area (Å²) < 4.78 is 33.4. The van der Waals surface area contributed by atoms with Crippen molar-refractivity contribution in [2.24, 2.45) is 7.05 Å². The van der Waals surface area contributed by atoms with Gasteiger partial charge in [-0.25, -0.2) is 4.98 Å². The Balaban J connectivity index is 1.46. The fourth-order valence-corrected chi connectivity index (χ4v) is 6.23. The van der Waals surface area contributed by atoms with Crippen LogP contribution in [0.4, 0.5) is 0 Å². The maximum Gasteiger partial charge on any atom is 0.494 e. The molecule has 0 bridgehead atoms. The van der Waals surface area contributed by atoms with Gasteiger partial charge in [0.1, 0.15) is 11.6 Å². The smallest absolute Gasteiger partial charge is 0.494 e. The molecule has 0 saturated carbocycles. The zero-order valence-corrected chi connectivity index (χ0v) is 27.4. The van der Waals surface area contributed by atoms with Gasteiger partial charge < -0.3 is 27.9 Å². The van der Waals surface area contributed by atoms with Crippen molar-refractivity contribution in [3.8, 4) is 17.1 Å². The molecule has 0 amide bonds. The average molecular weight is 590 g/mol. The van der Waals surface area contributed by atoms with Crippen molar-refractivity contribution in [2.75, 3.05) is 7.11 Å². The summed E-state index contributed by atoms with van der Waals surface area (Å²) in [6, 6.07) is 21.0. The van der Waals surface area contributed by atoms with Gasteiger partial charge >= 0.3 is 14.2 Å². The van der Waals surface area contributed by atoms with Crippen LogP contribution in [0.15, 0.2) is 60.7 Å². The molecule has 5 aromatic rings. The monoisotopic (exact) mass is 590 g/mol. The van der Waals surface area contributed by atoms with Crippen molar-refractivity contribution in [3.63, 3.8) is 0 Å². The molecule has 44 heavy (non-hydrogen) atoms. The largest absolute Gasteiger partial charge is 0.497 e. The minimum Gasteiger partial charge on any atom is -0.497 e. The number of benzene rings is 4. The van der Waals surface area contributed by atoms with Crippen LogP contribution in [0.5, 0.6) is 5.75 Å². The van der Waals surface area contributed by atoms with E-state index in [1.807, 2.05) is 12.1 Å². The fraction of sp³-hybridized carbons (Fsp3) is 0.400. The number of hydrogen-bond donors (Lipinski definition) is 0. The fourth-order valence-electron chi connectivity index (χ4n) is 6.23. The van der Waals surface area contributed by atoms with Crippen LogP contribution in [0.1, 0.15) is 55.4 Å². The lowest BCUT2D eigenvalue weighted by Crippen LogP contribution is -2.41. The van der Waals surface area contributed by atoms with Crippen LogP contribution in [0.2, 0.25) is 0 Å². The SMILES string of the molecule is COc1ccc(-c2nc3c4cc(B5OC(C)(C)C(C)(C)O5)ccc4c4ccc(B5OC(C)(C)C(C)(C)O5)cc4c3n2C)cc1. The number of fused-ring (bicyclic) bond motifs is 6. The van der Waals surface area contributed by atoms with Gasteiger partial charge in [0.25, 0.3) is 0 Å². The third-order valence-electron chi connectivity index (χ3n) is 10.4. The summed E-state index contributed by atoms with van der Waals surface area (Å²) in [5.41, 5.74) is 3.22. The zero-order valence-electron chi connectivity index (χ0n) is 27.4. The van der Waals surface area contributed by atoms with Crippen LogP contribution < -0.4 is 15.7 Å². The maximum absolute atomic E-state index is 6.45. The molecule has 0 unspecified atom stereocenters. The zero-order chi connectivity index (χ0) is 31.4. The lowest BCUT2D eigenvalue weighted by atomic mass is 9.76. The van der Waals surface area contributed by atoms with Crippen LogP contribution in [0, 0.1) is 0 Å². The van der Waals surface area contributed by atoms with Gasteiger partial charge in [-0.1, -0.05) is 36.4 Å². The number of nitrogens with zero attached hydrogens (tertiary/aromatic N) is 2. The third kappa shape index (κ3) is 4.31. The maximum atomic E-state index is 6.45. The molecule has 0 radical (unpaired) electrons. The molecule has 9 heteroatoms. The highest BCUT2D eigenvalue weighted by atomic mass is 16.7. The standard InChI is InChI=1S/C35H40B2N2O5/c1-32(2)33(3,4)42-36(41-32)22-13-17-25-26-18-14-23(37-43-34(5,6)35(7,8)44-37)20-28(26)30-29(27(25)19-22)38-31(39(30)9)21-11-15-24(40-10)16-12-21/h11-20H,1-10H3. The number of ether oxygens (including phenoxy) is 1. The van der Waals surface area contributed by atoms with E-state index in [-0.39, 0.29) is 0 Å². The van der Waals surface area contributed by atoms with Gasteiger partial charge in [0.15, 0.2) is 0 Å². The van der Waals surface area contributed by atoms with E-state index in [1.54, 1.807) is 7.11 Å². The van der Waals surface area contributed by atoms with Gasteiger partial charge in [-0.05, 0) is 101 Å². The second kappa shape index (κ2) is 9.57. The van der Waals surface area contributed by atoms with Crippen LogP contribution >= 0.6 is 0 Å². The van der Waals surface area contributed by atoms with E-state index in [2.05, 4.69) is 116 Å². The lowest BCUT2D eigenvalue weighted by Gasteiger charge is -2.32. The first-order chi connectivity index (χ1) is 20.6. The summed E-state index contributed by atoms with van der Waals surface area (Å²) in [7, 11) is 2.83. The summed E-state index contributed by atoms with van der Waals surface area (Å²) in [5, 5.41) is 4.40. The first kappa shape index (κ1) is 29.4. The number of rotatable bonds is 4. The molecule has 2 aliphatic heterocycles. The molecule has 0 aliphatic carbocycles. The summed E-state index contributed by atoms with van der Waals surface area (Å²) in [5.74, 6) is 1.68. The molecule has 2 fully saturated rings. The van der Waals surface area contributed by atoms with Crippen molar-refractivity contribution < 1.29 is 23.4 Å². The summed E-state index contributed by atoms with van der Waals surface area (Å²) in [4.78, 5) is 5.29. The van der Waals surface area contributed by atoms with Gasteiger partial charge in [-0.15, -0.1) is 0 Å². The molecule has 7 rings (SSSR count). The van der Waals surface area contributed by atoms with Crippen LogP contribution in [-0.2, 0) is 25.7 Å². The highest BCUT2D eigenvalue weighted by Crippen LogP contribution is 2.40. The first-order valence-electron chi connectivity index (χ1n) is 15.3. The van der Waals surface area contributed by atoms with Crippen LogP contribution in [0.3, 0.4) is 0 Å². The Morgan fingerprint density at radius 2 is 1.07 bits per heavy atom. The lowest BCUT2D eigenvalue weighted by molar-refractivity contribution is 0.00578. The third-order valence-corrected chi connectivity index (χ3v) is 10.4. The summed E-state index contributed by atoms with van der Waals surface area (Å²) in [6.45, 7) is 16.7. The second-order valence-corrected chi connectivity index (χ2v) is 14.2. The number of imidazole rings is 1. The molecule has 4 aromatic carbocycles. The van der Waals surface area contributed by atoms with Crippen molar-refractivity contribution >= 4 is 57.7 Å². The van der Waals surface area contributed by atoms with E-state index < -0.39 is 36.6 Å². The first-order valence-corrected chi connectivity index (χ1v) is 15.3. The molecule has 7 nitrogen and oxygen atoms in total. The van der Waals surface area contributed by atoms with Crippen molar-refractivity contribution in [1.29, 1.82) is 0 Å². The highest BCUT2D eigenvalue weighted by molar-refractivity contribution is 6.63. The number of aryl methyl sites for hydroxylation is 1. The van der Waals surface area contributed by atoms with Gasteiger partial charge in [-0.2, -0.15) is 0 Å². The minimum absolute atomic E-state index is 0.427. The Morgan fingerprint density at radius 3 is 1.55 bits per heavy atom. The van der Waals surface area contributed by atoms with Gasteiger partial charge in [0, 0.05) is 23.4 Å². The van der Waals surface area contributed by atoms with E-state index in [0.717, 1.165) is 60.6 Å². The Kier molecular flexibility index (Phi) is 6.39. The van der Waals surface area contributed by atoms with E-state index in [4.69, 9.17) is 28.3 Å². The highest BCUT2D eigenvalue weighted by Gasteiger charge is 2.52. The molecular weight excluding hydrogens is 550 g/mol. The minimum atomic E-state index is -0.467. The quantitative estimate of drug-likeness (QED) is 0.185. The van der Waals surface area contributed by atoms with Gasteiger partial charge in [0.2, 0.25) is 0 Å². The molecule has 0 N–H and O–H groups in total. The number of methoxy groups -OCH3 is 1. The molecule has 0 atom stereocenters. The van der Waals surface area contributed by atoms with E-state index in [0.29, 0.717) is 0 Å². The summed E-state index contributed by atoms with van der Waals surface area (Å²) >= 11 is 0. The number of aromatic nitrogens is 2. The normalized spacial score (nSPS) is 20.3. The predicted molar refractivity (Wildman–Crippen MR) is 179 cm³/mol. The van der Waals surface area contributed by atoms with E-state index >= 15 is 0 Å². The Bertz CT molecular complexity index is 1910. The van der Waals surface area contributed by atoms with Gasteiger partial charge in [-0.3, -0.25) is 0 Å². The van der Waals surface area contributed by atoms with E-state index in [9.17, 15) is 0 Å². The topological polar surface area (TPSA) is 64.0 Å². The molecule has 3 heterocycles. The Morgan fingerprint density at radius 1 is 0.614 bits per heavy atom. The van der Waals surface area contributed by atoms with Crippen LogP contribution in [-0.4, -0.2) is 53.3 Å². The van der Waals surface area contributed by atoms with Crippen molar-refractivity contribution in [2.45, 2.75) is 77.8 Å². The van der Waals surface area contributed by atoms with Crippen molar-refractivity contribution in [1.82, 2.24) is 9.55 Å². The molecule has 2 aliphatic rings. The Labute approximate surface area is 260 Å². The molecule has 2 saturated heterocycles.